The van der Waals surface area contributed by atoms with Crippen molar-refractivity contribution in [1.29, 1.82) is 0 Å². The Kier molecular flexibility index (Phi) is 8.88. The maximum atomic E-state index is 7.30. The van der Waals surface area contributed by atoms with Gasteiger partial charge in [0.1, 0.15) is 22.5 Å². The lowest BCUT2D eigenvalue weighted by molar-refractivity contribution is 0.589. The molecule has 0 bridgehead atoms. The predicted octanol–water partition coefficient (Wildman–Crippen LogP) is 15.5. The fourth-order valence-corrected chi connectivity index (χ4v) is 11.3. The molecule has 2 aliphatic heterocycles. The monoisotopic (exact) mass is 874 g/mol. The smallest absolute Gasteiger partial charge is 0.257 e. The third kappa shape index (κ3) is 6.29. The van der Waals surface area contributed by atoms with E-state index in [9.17, 15) is 0 Å². The molecule has 0 aliphatic carbocycles. The van der Waals surface area contributed by atoms with Gasteiger partial charge in [-0.2, -0.15) is 0 Å². The summed E-state index contributed by atoms with van der Waals surface area (Å²) in [4.78, 5) is 5.02. The highest BCUT2D eigenvalue weighted by Crippen LogP contribution is 2.50. The zero-order valence-corrected chi connectivity index (χ0v) is 40.4. The largest absolute Gasteiger partial charge is 0.464 e. The fraction of sp³-hybridized carbons (Fsp3) is 0.213. The molecule has 0 radical (unpaired) electrons. The van der Waals surface area contributed by atoms with Crippen molar-refractivity contribution in [3.63, 3.8) is 0 Å². The quantitative estimate of drug-likeness (QED) is 0.165. The first kappa shape index (κ1) is 41.3. The van der Waals surface area contributed by atoms with Gasteiger partial charge in [-0.3, -0.25) is 4.90 Å². The molecule has 67 heavy (non-hydrogen) atoms. The van der Waals surface area contributed by atoms with Gasteiger partial charge in [0.05, 0.1) is 17.6 Å². The average Bonchev–Trinajstić information content (AvgIpc) is 4.02. The molecule has 0 amide bonds. The summed E-state index contributed by atoms with van der Waals surface area (Å²) in [5, 5.41) is 3.35. The number of rotatable bonds is 4. The highest BCUT2D eigenvalue weighted by molar-refractivity contribution is 7.01. The van der Waals surface area contributed by atoms with Crippen LogP contribution >= 0.6 is 0 Å². The molecule has 3 aromatic heterocycles. The van der Waals surface area contributed by atoms with Crippen molar-refractivity contribution >= 4 is 90.3 Å². The van der Waals surface area contributed by atoms with Crippen LogP contribution in [-0.4, -0.2) is 6.71 Å². The number of anilines is 6. The minimum absolute atomic E-state index is 0.00220. The van der Waals surface area contributed by atoms with Gasteiger partial charge in [-0.1, -0.05) is 108 Å². The molecule has 10 aromatic rings. The first-order chi connectivity index (χ1) is 32.0. The lowest BCUT2D eigenvalue weighted by Gasteiger charge is -2.44. The van der Waals surface area contributed by atoms with Crippen molar-refractivity contribution in [3.8, 4) is 22.5 Å². The number of furan rings is 3. The number of hydrogen-bond acceptors (Lipinski definition) is 5. The molecule has 0 saturated heterocycles. The zero-order chi connectivity index (χ0) is 46.4. The Labute approximate surface area is 393 Å². The summed E-state index contributed by atoms with van der Waals surface area (Å²) >= 11 is 0. The molecule has 5 nitrogen and oxygen atoms in total. The van der Waals surface area contributed by atoms with Crippen LogP contribution in [0.25, 0.3) is 55.4 Å². The first-order valence-electron chi connectivity index (χ1n) is 23.7. The van der Waals surface area contributed by atoms with E-state index in [1.165, 1.54) is 55.6 Å². The minimum Gasteiger partial charge on any atom is -0.464 e. The summed E-state index contributed by atoms with van der Waals surface area (Å²) in [5.74, 6) is 1.73. The van der Waals surface area contributed by atoms with Crippen molar-refractivity contribution in [2.75, 3.05) is 9.80 Å². The third-order valence-corrected chi connectivity index (χ3v) is 14.5. The second-order valence-electron chi connectivity index (χ2n) is 21.3. The number of aryl methyl sites for hydroxylation is 5. The Bertz CT molecular complexity index is 3620. The van der Waals surface area contributed by atoms with Gasteiger partial charge in [-0.25, -0.2) is 0 Å². The Morgan fingerprint density at radius 2 is 1.12 bits per heavy atom. The maximum absolute atomic E-state index is 7.30. The zero-order valence-electron chi connectivity index (χ0n) is 40.4. The number of fused-ring (bicyclic) bond motifs is 8. The molecule has 6 heteroatoms. The molecule has 330 valence electrons. The van der Waals surface area contributed by atoms with E-state index in [1.807, 2.05) is 24.5 Å². The standard InChI is InChI=1S/C61H55BN2O3/c1-34-24-49-56-50(25-34)64(58-35(2)26-41(27-36(58)3)54-31-40-16-12-14-18-51(40)66-54)59-55(45-32-42(60(6,7)8)21-23-53(45)67-59)62(56)47-22-20-39(46-33-65-52-19-15-13-17-44(46)52)30-48(47)63(49)57-37(4)28-43(29-38(57)5)61(9,10)11/h12-33H,1-11H3. The van der Waals surface area contributed by atoms with E-state index < -0.39 is 0 Å². The van der Waals surface area contributed by atoms with Crippen LogP contribution in [0.1, 0.15) is 80.5 Å². The normalized spacial score (nSPS) is 13.5. The molecule has 0 unspecified atom stereocenters. The summed E-state index contributed by atoms with van der Waals surface area (Å²) in [6.07, 6.45) is 1.92. The maximum Gasteiger partial charge on any atom is 0.257 e. The minimum atomic E-state index is -0.125. The van der Waals surface area contributed by atoms with Gasteiger partial charge < -0.3 is 18.2 Å². The topological polar surface area (TPSA) is 45.9 Å². The van der Waals surface area contributed by atoms with Crippen LogP contribution in [-0.2, 0) is 10.8 Å². The van der Waals surface area contributed by atoms with Crippen molar-refractivity contribution in [3.05, 3.63) is 173 Å². The molecular weight excluding hydrogens is 819 g/mol. The fourth-order valence-electron chi connectivity index (χ4n) is 11.3. The molecule has 0 fully saturated rings. The van der Waals surface area contributed by atoms with Gasteiger partial charge >= 0.3 is 0 Å². The molecule has 0 spiro atoms. The van der Waals surface area contributed by atoms with E-state index in [4.69, 9.17) is 13.3 Å². The average molecular weight is 875 g/mol. The molecule has 12 rings (SSSR count). The van der Waals surface area contributed by atoms with Crippen LogP contribution in [0.2, 0.25) is 0 Å². The van der Waals surface area contributed by atoms with Crippen molar-refractivity contribution < 1.29 is 13.3 Å². The van der Waals surface area contributed by atoms with Gasteiger partial charge in [0.2, 0.25) is 5.88 Å². The van der Waals surface area contributed by atoms with Crippen LogP contribution in [0.5, 0.6) is 0 Å². The number of hydrogen-bond donors (Lipinski definition) is 0. The van der Waals surface area contributed by atoms with E-state index in [2.05, 4.69) is 195 Å². The Hall–Kier alpha value is -7.18. The number of nitrogens with zero attached hydrogens (tertiary/aromatic N) is 2. The van der Waals surface area contributed by atoms with Gasteiger partial charge in [-0.15, -0.1) is 0 Å². The molecule has 2 aliphatic rings. The Morgan fingerprint density at radius 3 is 1.82 bits per heavy atom. The Balaban J connectivity index is 1.17. The van der Waals surface area contributed by atoms with Crippen molar-refractivity contribution in [2.24, 2.45) is 0 Å². The van der Waals surface area contributed by atoms with Crippen LogP contribution in [0.3, 0.4) is 0 Å². The van der Waals surface area contributed by atoms with Crippen molar-refractivity contribution in [1.82, 2.24) is 0 Å². The highest BCUT2D eigenvalue weighted by atomic mass is 16.4. The summed E-state index contributed by atoms with van der Waals surface area (Å²) in [6.45, 7) is 25.0. The van der Waals surface area contributed by atoms with E-state index in [0.29, 0.717) is 0 Å². The van der Waals surface area contributed by atoms with E-state index in [1.54, 1.807) is 0 Å². The van der Waals surface area contributed by atoms with Gasteiger partial charge in [0.25, 0.3) is 6.71 Å². The molecule has 0 saturated carbocycles. The first-order valence-corrected chi connectivity index (χ1v) is 23.7. The van der Waals surface area contributed by atoms with Crippen LogP contribution < -0.4 is 26.2 Å². The molecule has 0 N–H and O–H groups in total. The van der Waals surface area contributed by atoms with Crippen LogP contribution in [0, 0.1) is 34.6 Å². The second-order valence-corrected chi connectivity index (χ2v) is 21.3. The van der Waals surface area contributed by atoms with Gasteiger partial charge in [0, 0.05) is 49.8 Å². The highest BCUT2D eigenvalue weighted by Gasteiger charge is 2.47. The number of para-hydroxylation sites is 2. The second kappa shape index (κ2) is 14.4. The van der Waals surface area contributed by atoms with Crippen molar-refractivity contribution in [2.45, 2.75) is 87.0 Å². The molecule has 0 atom stereocenters. The van der Waals surface area contributed by atoms with Crippen LogP contribution in [0.4, 0.5) is 34.3 Å². The third-order valence-electron chi connectivity index (χ3n) is 14.5. The van der Waals surface area contributed by atoms with Crippen LogP contribution in [0.15, 0.2) is 147 Å². The molecule has 5 heterocycles. The summed E-state index contributed by atoms with van der Waals surface area (Å²) in [5.41, 5.74) is 23.9. The number of benzene rings is 7. The lowest BCUT2D eigenvalue weighted by atomic mass is 9.33. The molecular formula is C61H55BN2O3. The predicted molar refractivity (Wildman–Crippen MR) is 282 cm³/mol. The van der Waals surface area contributed by atoms with E-state index in [-0.39, 0.29) is 17.5 Å². The molecule has 7 aromatic carbocycles. The lowest BCUT2D eigenvalue weighted by Crippen LogP contribution is -2.61. The summed E-state index contributed by atoms with van der Waals surface area (Å²) in [7, 11) is 0. The summed E-state index contributed by atoms with van der Waals surface area (Å²) in [6, 6.07) is 46.8. The summed E-state index contributed by atoms with van der Waals surface area (Å²) < 4.78 is 19.9. The van der Waals surface area contributed by atoms with E-state index >= 15 is 0 Å². The van der Waals surface area contributed by atoms with E-state index in [0.717, 1.165) is 89.4 Å². The Morgan fingerprint density at radius 1 is 0.478 bits per heavy atom. The van der Waals surface area contributed by atoms with Gasteiger partial charge in [0.15, 0.2) is 0 Å². The SMILES string of the molecule is Cc1cc2c3c(c1)N(c1c(C)cc(-c4cc5ccccc5o4)cc1C)c1oc4ccc(C(C)(C)C)cc4c1B3c1ccc(-c3coc4ccccc34)cc1N2c1c(C)cc(C(C)(C)C)cc1C. The van der Waals surface area contributed by atoms with Gasteiger partial charge in [-0.05, 0) is 162 Å².